The average molecular weight is 485 g/mol. The Balaban J connectivity index is 1.40. The molecule has 4 nitrogen and oxygen atoms in total. The van der Waals surface area contributed by atoms with Crippen LogP contribution in [0.5, 0.6) is 0 Å². The van der Waals surface area contributed by atoms with Gasteiger partial charge in [0.15, 0.2) is 17.5 Å². The molecule has 2 bridgehead atoms. The molecule has 0 radical (unpaired) electrons. The number of hydrogen-bond donors (Lipinski definition) is 0. The van der Waals surface area contributed by atoms with E-state index < -0.39 is 0 Å². The van der Waals surface area contributed by atoms with Crippen LogP contribution in [-0.4, -0.2) is 15.0 Å². The van der Waals surface area contributed by atoms with Gasteiger partial charge < -0.3 is 0 Å². The van der Waals surface area contributed by atoms with Gasteiger partial charge in [0.05, 0.1) is 11.6 Å². The molecule has 184 valence electrons. The number of aromatic nitrogens is 3. The standard InChI is InChI=1S/C33H32N4/c1-22-16-25-17-23(2)19-33(18-22,20-25)29-14-12-28(13-15-29)32-36-30(26-6-4-3-5-7-26)35-31(37-32)27-10-8-24(21-34)9-11-27/h3-15,22-23,25H,16-20H2,1-2H3/t22-,23+,25?,33?. The van der Waals surface area contributed by atoms with Crippen molar-refractivity contribution in [2.75, 3.05) is 0 Å². The largest absolute Gasteiger partial charge is 0.208 e. The predicted octanol–water partition coefficient (Wildman–Crippen LogP) is 7.85. The van der Waals surface area contributed by atoms with Crippen molar-refractivity contribution in [2.24, 2.45) is 17.8 Å². The average Bonchev–Trinajstić information content (AvgIpc) is 2.92. The Labute approximate surface area is 219 Å². The smallest absolute Gasteiger partial charge is 0.164 e. The van der Waals surface area contributed by atoms with Crippen LogP contribution in [0, 0.1) is 29.1 Å². The molecule has 4 atom stereocenters. The fourth-order valence-electron chi connectivity index (χ4n) is 7.07. The maximum absolute atomic E-state index is 9.19. The van der Waals surface area contributed by atoms with Crippen LogP contribution in [0.2, 0.25) is 0 Å². The molecule has 2 fully saturated rings. The lowest BCUT2D eigenvalue weighted by Crippen LogP contribution is -2.42. The molecule has 1 heterocycles. The summed E-state index contributed by atoms with van der Waals surface area (Å²) in [5, 5.41) is 9.19. The van der Waals surface area contributed by atoms with Gasteiger partial charge in [0.25, 0.3) is 0 Å². The SMILES string of the molecule is C[C@@H]1CC2C[C@H](C)CC(c3ccc(-c4nc(-c5ccccc5)nc(-c5ccc(C#N)cc5)n4)cc3)(C2)C1. The van der Waals surface area contributed by atoms with Gasteiger partial charge in [0, 0.05) is 16.7 Å². The van der Waals surface area contributed by atoms with Gasteiger partial charge in [-0.05, 0) is 85.1 Å². The van der Waals surface area contributed by atoms with Crippen molar-refractivity contribution in [1.82, 2.24) is 15.0 Å². The van der Waals surface area contributed by atoms with E-state index in [9.17, 15) is 5.26 Å². The summed E-state index contributed by atoms with van der Waals surface area (Å²) < 4.78 is 0. The third-order valence-electron chi connectivity index (χ3n) is 8.32. The normalized spacial score (nSPS) is 24.8. The molecular weight excluding hydrogens is 452 g/mol. The van der Waals surface area contributed by atoms with Crippen molar-refractivity contribution in [3.63, 3.8) is 0 Å². The lowest BCUT2D eigenvalue weighted by molar-refractivity contribution is 0.0780. The molecule has 2 saturated carbocycles. The van der Waals surface area contributed by atoms with E-state index in [1.54, 1.807) is 12.1 Å². The lowest BCUT2D eigenvalue weighted by atomic mass is 9.54. The molecule has 4 aromatic rings. The van der Waals surface area contributed by atoms with Crippen molar-refractivity contribution in [1.29, 1.82) is 5.26 Å². The first-order valence-electron chi connectivity index (χ1n) is 13.4. The molecule has 2 unspecified atom stereocenters. The summed E-state index contributed by atoms with van der Waals surface area (Å²) in [6.07, 6.45) is 6.68. The van der Waals surface area contributed by atoms with Gasteiger partial charge in [0.1, 0.15) is 0 Å². The maximum Gasteiger partial charge on any atom is 0.164 e. The van der Waals surface area contributed by atoms with E-state index in [1.807, 2.05) is 42.5 Å². The van der Waals surface area contributed by atoms with Crippen LogP contribution in [-0.2, 0) is 5.41 Å². The number of hydrogen-bond acceptors (Lipinski definition) is 4. The quantitative estimate of drug-likeness (QED) is 0.296. The zero-order valence-corrected chi connectivity index (χ0v) is 21.6. The molecule has 0 amide bonds. The molecule has 1 aromatic heterocycles. The highest BCUT2D eigenvalue weighted by atomic mass is 15.0. The van der Waals surface area contributed by atoms with Gasteiger partial charge in [-0.3, -0.25) is 0 Å². The summed E-state index contributed by atoms with van der Waals surface area (Å²) in [6, 6.07) is 28.7. The van der Waals surface area contributed by atoms with Crippen molar-refractivity contribution >= 4 is 0 Å². The van der Waals surface area contributed by atoms with E-state index in [-0.39, 0.29) is 0 Å². The number of nitriles is 1. The Morgan fingerprint density at radius 1 is 0.649 bits per heavy atom. The third kappa shape index (κ3) is 4.67. The fraction of sp³-hybridized carbons (Fsp3) is 0.333. The van der Waals surface area contributed by atoms with E-state index in [4.69, 9.17) is 15.0 Å². The topological polar surface area (TPSA) is 62.5 Å². The molecular formula is C33H32N4. The number of nitrogens with zero attached hydrogens (tertiary/aromatic N) is 4. The van der Waals surface area contributed by atoms with Gasteiger partial charge in [-0.15, -0.1) is 0 Å². The van der Waals surface area contributed by atoms with Gasteiger partial charge >= 0.3 is 0 Å². The zero-order chi connectivity index (χ0) is 25.4. The highest BCUT2D eigenvalue weighted by Gasteiger charge is 2.45. The van der Waals surface area contributed by atoms with Crippen molar-refractivity contribution < 1.29 is 0 Å². The van der Waals surface area contributed by atoms with Crippen LogP contribution in [0.25, 0.3) is 34.2 Å². The molecule has 0 aliphatic heterocycles. The Hall–Kier alpha value is -3.84. The van der Waals surface area contributed by atoms with Gasteiger partial charge in [-0.2, -0.15) is 5.26 Å². The second-order valence-electron chi connectivity index (χ2n) is 11.4. The van der Waals surface area contributed by atoms with Gasteiger partial charge in [0.2, 0.25) is 0 Å². The Bertz CT molecular complexity index is 1420. The fourth-order valence-corrected chi connectivity index (χ4v) is 7.07. The van der Waals surface area contributed by atoms with Crippen molar-refractivity contribution in [3.05, 3.63) is 90.0 Å². The van der Waals surface area contributed by atoms with E-state index in [0.29, 0.717) is 28.5 Å². The second kappa shape index (κ2) is 9.56. The van der Waals surface area contributed by atoms with Crippen LogP contribution in [0.15, 0.2) is 78.9 Å². The minimum absolute atomic E-state index is 0.306. The third-order valence-corrected chi connectivity index (χ3v) is 8.32. The van der Waals surface area contributed by atoms with Crippen molar-refractivity contribution in [2.45, 2.75) is 51.4 Å². The highest BCUT2D eigenvalue weighted by Crippen LogP contribution is 2.54. The molecule has 37 heavy (non-hydrogen) atoms. The molecule has 6 rings (SSSR count). The summed E-state index contributed by atoms with van der Waals surface area (Å²) in [4.78, 5) is 14.6. The zero-order valence-electron chi connectivity index (χ0n) is 21.6. The minimum Gasteiger partial charge on any atom is -0.208 e. The molecule has 0 N–H and O–H groups in total. The predicted molar refractivity (Wildman–Crippen MR) is 147 cm³/mol. The summed E-state index contributed by atoms with van der Waals surface area (Å²) >= 11 is 0. The van der Waals surface area contributed by atoms with E-state index in [2.05, 4.69) is 44.2 Å². The van der Waals surface area contributed by atoms with E-state index in [0.717, 1.165) is 34.4 Å². The van der Waals surface area contributed by atoms with Crippen LogP contribution in [0.3, 0.4) is 0 Å². The Morgan fingerprint density at radius 2 is 1.14 bits per heavy atom. The van der Waals surface area contributed by atoms with Gasteiger partial charge in [-0.25, -0.2) is 15.0 Å². The second-order valence-corrected chi connectivity index (χ2v) is 11.4. The monoisotopic (exact) mass is 484 g/mol. The Morgan fingerprint density at radius 3 is 1.65 bits per heavy atom. The molecule has 4 heteroatoms. The first-order valence-corrected chi connectivity index (χ1v) is 13.4. The van der Waals surface area contributed by atoms with Crippen LogP contribution >= 0.6 is 0 Å². The van der Waals surface area contributed by atoms with E-state index in [1.165, 1.54) is 37.7 Å². The summed E-state index contributed by atoms with van der Waals surface area (Å²) in [5.41, 5.74) is 5.22. The molecule has 0 spiro atoms. The summed E-state index contributed by atoms with van der Waals surface area (Å²) in [6.45, 7) is 4.87. The molecule has 0 saturated heterocycles. The van der Waals surface area contributed by atoms with E-state index >= 15 is 0 Å². The first kappa shape index (κ1) is 23.6. The van der Waals surface area contributed by atoms with Crippen LogP contribution in [0.1, 0.15) is 57.1 Å². The van der Waals surface area contributed by atoms with Gasteiger partial charge in [-0.1, -0.05) is 68.4 Å². The lowest BCUT2D eigenvalue weighted by Gasteiger charge is -2.50. The number of benzene rings is 3. The molecule has 3 aromatic carbocycles. The number of fused-ring (bicyclic) bond motifs is 2. The molecule has 2 aliphatic carbocycles. The summed E-state index contributed by atoms with van der Waals surface area (Å²) in [5.74, 6) is 4.37. The number of rotatable bonds is 4. The van der Waals surface area contributed by atoms with Crippen molar-refractivity contribution in [3.8, 4) is 40.2 Å². The van der Waals surface area contributed by atoms with Crippen LogP contribution < -0.4 is 0 Å². The minimum atomic E-state index is 0.306. The van der Waals surface area contributed by atoms with Crippen LogP contribution in [0.4, 0.5) is 0 Å². The molecule has 2 aliphatic rings. The Kier molecular flexibility index (Phi) is 6.08. The summed E-state index contributed by atoms with van der Waals surface area (Å²) in [7, 11) is 0. The maximum atomic E-state index is 9.19. The first-order chi connectivity index (χ1) is 18.0. The highest BCUT2D eigenvalue weighted by molar-refractivity contribution is 5.67.